The van der Waals surface area contributed by atoms with Gasteiger partial charge in [0.25, 0.3) is 0 Å². The summed E-state index contributed by atoms with van der Waals surface area (Å²) in [4.78, 5) is 16.6. The average molecular weight is 331 g/mol. The molecule has 1 atom stereocenters. The first-order valence-corrected chi connectivity index (χ1v) is 8.96. The summed E-state index contributed by atoms with van der Waals surface area (Å²) >= 11 is 0. The Kier molecular flexibility index (Phi) is 4.72. The maximum atomic E-state index is 12.3. The number of anilines is 1. The van der Waals surface area contributed by atoms with Crippen molar-refractivity contribution >= 4 is 11.8 Å². The molecule has 1 saturated heterocycles. The molecule has 2 heterocycles. The number of likely N-dealkylation sites (N-methyl/N-ethyl adjacent to an activating group) is 1. The Morgan fingerprint density at radius 1 is 1.33 bits per heavy atom. The maximum absolute atomic E-state index is 12.3. The first-order chi connectivity index (χ1) is 11.4. The number of fused-ring (bicyclic) bond motifs is 1. The first kappa shape index (κ1) is 17.1. The molecule has 5 heteroatoms. The van der Waals surface area contributed by atoms with Gasteiger partial charge in [0.15, 0.2) is 0 Å². The highest BCUT2D eigenvalue weighted by Crippen LogP contribution is 2.31. The fraction of sp³-hybridized carbons (Fsp3) is 0.632. The number of benzene rings is 1. The average Bonchev–Trinajstić information content (AvgIpc) is 2.95. The lowest BCUT2D eigenvalue weighted by atomic mass is 10.0. The van der Waals surface area contributed by atoms with Crippen LogP contribution in [0.3, 0.4) is 0 Å². The summed E-state index contributed by atoms with van der Waals surface area (Å²) in [5.74, 6) is 0. The molecule has 1 amide bonds. The van der Waals surface area contributed by atoms with Crippen LogP contribution in [0.2, 0.25) is 0 Å². The van der Waals surface area contributed by atoms with Gasteiger partial charge in [0.05, 0.1) is 6.04 Å². The van der Waals surface area contributed by atoms with Crippen molar-refractivity contribution in [2.45, 2.75) is 45.8 Å². The predicted molar refractivity (Wildman–Crippen MR) is 96.6 cm³/mol. The highest BCUT2D eigenvalue weighted by molar-refractivity contribution is 5.68. The molecule has 5 nitrogen and oxygen atoms in total. The van der Waals surface area contributed by atoms with Gasteiger partial charge in [0, 0.05) is 38.4 Å². The summed E-state index contributed by atoms with van der Waals surface area (Å²) < 4.78 is 5.52. The molecular formula is C19H29N3O2. The van der Waals surface area contributed by atoms with E-state index in [1.807, 2.05) is 25.7 Å². The predicted octanol–water partition coefficient (Wildman–Crippen LogP) is 2.95. The second kappa shape index (κ2) is 6.63. The van der Waals surface area contributed by atoms with E-state index in [9.17, 15) is 4.79 Å². The summed E-state index contributed by atoms with van der Waals surface area (Å²) in [7, 11) is 0. The monoisotopic (exact) mass is 331 g/mol. The van der Waals surface area contributed by atoms with Crippen LogP contribution in [0.25, 0.3) is 0 Å². The number of piperazine rings is 1. The van der Waals surface area contributed by atoms with Crippen LogP contribution in [0.15, 0.2) is 18.2 Å². The smallest absolute Gasteiger partial charge is 0.410 e. The quantitative estimate of drug-likeness (QED) is 0.905. The first-order valence-electron chi connectivity index (χ1n) is 8.96. The minimum Gasteiger partial charge on any atom is -0.444 e. The summed E-state index contributed by atoms with van der Waals surface area (Å²) in [6.07, 6.45) is 0.895. The molecule has 1 aromatic carbocycles. The number of hydrogen-bond donors (Lipinski definition) is 1. The fourth-order valence-corrected chi connectivity index (χ4v) is 3.50. The van der Waals surface area contributed by atoms with Gasteiger partial charge < -0.3 is 19.9 Å². The van der Waals surface area contributed by atoms with E-state index in [1.165, 1.54) is 16.8 Å². The molecule has 0 aliphatic carbocycles. The molecule has 1 N–H and O–H groups in total. The molecule has 2 aliphatic heterocycles. The maximum Gasteiger partial charge on any atom is 0.410 e. The molecular weight excluding hydrogens is 302 g/mol. The van der Waals surface area contributed by atoms with E-state index in [2.05, 4.69) is 35.3 Å². The second-order valence-corrected chi connectivity index (χ2v) is 7.65. The number of ether oxygens (including phenoxy) is 1. The van der Waals surface area contributed by atoms with Crippen molar-refractivity contribution in [2.24, 2.45) is 0 Å². The van der Waals surface area contributed by atoms with Crippen molar-refractivity contribution in [2.75, 3.05) is 37.6 Å². The number of rotatable bonds is 2. The van der Waals surface area contributed by atoms with Gasteiger partial charge >= 0.3 is 6.09 Å². The lowest BCUT2D eigenvalue weighted by Crippen LogP contribution is -2.49. The Hall–Kier alpha value is -1.75. The van der Waals surface area contributed by atoms with Crippen molar-refractivity contribution in [3.05, 3.63) is 29.3 Å². The zero-order valence-corrected chi connectivity index (χ0v) is 15.3. The Labute approximate surface area is 145 Å². The number of carbonyl (C=O) groups is 1. The van der Waals surface area contributed by atoms with Gasteiger partial charge in [-0.3, -0.25) is 0 Å². The molecule has 0 saturated carbocycles. The lowest BCUT2D eigenvalue weighted by molar-refractivity contribution is 0.0195. The van der Waals surface area contributed by atoms with E-state index < -0.39 is 5.60 Å². The van der Waals surface area contributed by atoms with Crippen LogP contribution in [0.5, 0.6) is 0 Å². The molecule has 2 aliphatic rings. The summed E-state index contributed by atoms with van der Waals surface area (Å²) in [5.41, 5.74) is 3.60. The third kappa shape index (κ3) is 3.66. The van der Waals surface area contributed by atoms with Gasteiger partial charge in [-0.05, 0) is 51.3 Å². The van der Waals surface area contributed by atoms with E-state index in [0.717, 1.165) is 26.1 Å². The molecule has 3 rings (SSSR count). The molecule has 132 valence electrons. The molecule has 0 radical (unpaired) electrons. The Balaban J connectivity index is 1.70. The van der Waals surface area contributed by atoms with Gasteiger partial charge in [0.2, 0.25) is 0 Å². The Bertz CT molecular complexity index is 609. The Morgan fingerprint density at radius 3 is 2.83 bits per heavy atom. The third-order valence-electron chi connectivity index (χ3n) is 4.71. The second-order valence-electron chi connectivity index (χ2n) is 7.65. The zero-order chi connectivity index (χ0) is 17.3. The number of carbonyl (C=O) groups excluding carboxylic acids is 1. The van der Waals surface area contributed by atoms with Crippen molar-refractivity contribution in [3.8, 4) is 0 Å². The topological polar surface area (TPSA) is 44.8 Å². The van der Waals surface area contributed by atoms with Crippen LogP contribution in [-0.2, 0) is 11.2 Å². The molecule has 0 spiro atoms. The SMILES string of the molecule is CCN1CCc2cc(C3CN(C(=O)OC(C)(C)C)CCN3)ccc21. The summed E-state index contributed by atoms with van der Waals surface area (Å²) in [6, 6.07) is 6.91. The third-order valence-corrected chi connectivity index (χ3v) is 4.71. The molecule has 1 unspecified atom stereocenters. The molecule has 24 heavy (non-hydrogen) atoms. The standard InChI is InChI=1S/C19H29N3O2/c1-5-21-10-8-15-12-14(6-7-17(15)21)16-13-22(11-9-20-16)18(23)24-19(2,3)4/h6-7,12,16,20H,5,8-11,13H2,1-4H3. The molecule has 0 bridgehead atoms. The fourth-order valence-electron chi connectivity index (χ4n) is 3.50. The van der Waals surface area contributed by atoms with Crippen LogP contribution in [0.4, 0.5) is 10.5 Å². The van der Waals surface area contributed by atoms with Crippen LogP contribution < -0.4 is 10.2 Å². The number of nitrogens with one attached hydrogen (secondary N) is 1. The van der Waals surface area contributed by atoms with E-state index >= 15 is 0 Å². The van der Waals surface area contributed by atoms with Crippen LogP contribution >= 0.6 is 0 Å². The molecule has 0 aromatic heterocycles. The zero-order valence-electron chi connectivity index (χ0n) is 15.3. The van der Waals surface area contributed by atoms with Gasteiger partial charge in [0.1, 0.15) is 5.60 Å². The highest BCUT2D eigenvalue weighted by Gasteiger charge is 2.29. The van der Waals surface area contributed by atoms with E-state index in [1.54, 1.807) is 0 Å². The summed E-state index contributed by atoms with van der Waals surface area (Å²) in [5, 5.41) is 3.54. The molecule has 1 aromatic rings. The minimum atomic E-state index is -0.450. The Morgan fingerprint density at radius 2 is 2.12 bits per heavy atom. The largest absolute Gasteiger partial charge is 0.444 e. The van der Waals surface area contributed by atoms with Crippen LogP contribution in [0, 0.1) is 0 Å². The number of amides is 1. The highest BCUT2D eigenvalue weighted by atomic mass is 16.6. The normalized spacial score (nSPS) is 20.9. The van der Waals surface area contributed by atoms with Crippen LogP contribution in [0.1, 0.15) is 44.9 Å². The van der Waals surface area contributed by atoms with Crippen molar-refractivity contribution in [1.82, 2.24) is 10.2 Å². The number of hydrogen-bond acceptors (Lipinski definition) is 4. The number of nitrogens with zero attached hydrogens (tertiary/aromatic N) is 2. The van der Waals surface area contributed by atoms with Crippen molar-refractivity contribution in [1.29, 1.82) is 0 Å². The van der Waals surface area contributed by atoms with Gasteiger partial charge in [-0.25, -0.2) is 4.79 Å². The molecule has 1 fully saturated rings. The minimum absolute atomic E-state index is 0.173. The van der Waals surface area contributed by atoms with E-state index in [-0.39, 0.29) is 12.1 Å². The van der Waals surface area contributed by atoms with Gasteiger partial charge in [-0.15, -0.1) is 0 Å². The van der Waals surface area contributed by atoms with Crippen molar-refractivity contribution < 1.29 is 9.53 Å². The summed E-state index contributed by atoms with van der Waals surface area (Å²) in [6.45, 7) is 12.2. The van der Waals surface area contributed by atoms with Gasteiger partial charge in [-0.1, -0.05) is 12.1 Å². The lowest BCUT2D eigenvalue weighted by Gasteiger charge is -2.35. The van der Waals surface area contributed by atoms with E-state index in [4.69, 9.17) is 4.74 Å². The van der Waals surface area contributed by atoms with Gasteiger partial charge in [-0.2, -0.15) is 0 Å². The van der Waals surface area contributed by atoms with Crippen molar-refractivity contribution in [3.63, 3.8) is 0 Å². The van der Waals surface area contributed by atoms with E-state index in [0.29, 0.717) is 13.1 Å². The van der Waals surface area contributed by atoms with Crippen LogP contribution in [-0.4, -0.2) is 49.3 Å².